The molecule has 0 radical (unpaired) electrons. The lowest BCUT2D eigenvalue weighted by molar-refractivity contribution is 0.661. The van der Waals surface area contributed by atoms with Crippen molar-refractivity contribution in [1.82, 2.24) is 0 Å². The number of hydrogen-bond acceptors (Lipinski definition) is 1. The normalized spacial score (nSPS) is 14.1. The van der Waals surface area contributed by atoms with Gasteiger partial charge < -0.3 is 4.90 Å². The van der Waals surface area contributed by atoms with Crippen LogP contribution in [0.2, 0.25) is 0 Å². The van der Waals surface area contributed by atoms with Crippen molar-refractivity contribution in [1.29, 1.82) is 0 Å². The van der Waals surface area contributed by atoms with Gasteiger partial charge in [0.05, 0.1) is 5.41 Å². The molecule has 2 aliphatic carbocycles. The van der Waals surface area contributed by atoms with E-state index in [9.17, 15) is 0 Å². The summed E-state index contributed by atoms with van der Waals surface area (Å²) in [6.07, 6.45) is 0. The van der Waals surface area contributed by atoms with Crippen molar-refractivity contribution >= 4 is 49.4 Å². The summed E-state index contributed by atoms with van der Waals surface area (Å²) < 4.78 is 0. The lowest BCUT2D eigenvalue weighted by Crippen LogP contribution is -2.29. The number of benzene rings is 10. The van der Waals surface area contributed by atoms with Gasteiger partial charge in [0.15, 0.2) is 0 Å². The molecule has 0 saturated carbocycles. The fourth-order valence-corrected chi connectivity index (χ4v) is 12.2. The standard InChI is InChI=1S/C66H57N/c1-38-19-23-46(24-20-38)66(47-25-21-39(2)22-26-47)63-33-48(67(49-29-40(3)44(7)41(4)30-49)50-31-42(5)45(8)43(6)32-50)27-28-55(63)59-36-62-60(37-64(59)66)58-34-56-53-17-13-11-15-51(53)52-16-12-14-18-54(52)57(56)35-61(58)65(62,9)10/h11-37H,1-10H3. The Morgan fingerprint density at radius 2 is 0.701 bits per heavy atom. The predicted molar refractivity (Wildman–Crippen MR) is 286 cm³/mol. The highest BCUT2D eigenvalue weighted by Gasteiger charge is 2.49. The molecule has 0 spiro atoms. The summed E-state index contributed by atoms with van der Waals surface area (Å²) in [5.41, 5.74) is 26.4. The van der Waals surface area contributed by atoms with Crippen molar-refractivity contribution in [3.63, 3.8) is 0 Å². The van der Waals surface area contributed by atoms with Crippen LogP contribution in [0.5, 0.6) is 0 Å². The molecule has 326 valence electrons. The number of nitrogens with zero attached hydrogens (tertiary/aromatic N) is 1. The summed E-state index contributed by atoms with van der Waals surface area (Å²) in [5.74, 6) is 0. The zero-order valence-corrected chi connectivity index (χ0v) is 40.5. The molecule has 0 heterocycles. The van der Waals surface area contributed by atoms with Gasteiger partial charge in [-0.05, 0) is 237 Å². The maximum absolute atomic E-state index is 2.61. The third-order valence-corrected chi connectivity index (χ3v) is 16.3. The molecule has 0 amide bonds. The summed E-state index contributed by atoms with van der Waals surface area (Å²) in [4.78, 5) is 2.51. The van der Waals surface area contributed by atoms with E-state index in [-0.39, 0.29) is 5.41 Å². The van der Waals surface area contributed by atoms with E-state index in [0.29, 0.717) is 0 Å². The first-order valence-corrected chi connectivity index (χ1v) is 24.1. The molecule has 2 aliphatic rings. The van der Waals surface area contributed by atoms with Crippen LogP contribution in [0.1, 0.15) is 91.7 Å². The first-order valence-electron chi connectivity index (χ1n) is 24.1. The zero-order valence-electron chi connectivity index (χ0n) is 40.5. The minimum absolute atomic E-state index is 0.223. The number of hydrogen-bond donors (Lipinski definition) is 0. The molecule has 10 aromatic rings. The van der Waals surface area contributed by atoms with Crippen LogP contribution in [0.3, 0.4) is 0 Å². The molecule has 0 atom stereocenters. The molecule has 12 rings (SSSR count). The van der Waals surface area contributed by atoms with E-state index in [0.717, 1.165) is 5.69 Å². The lowest BCUT2D eigenvalue weighted by atomic mass is 9.67. The Hall–Kier alpha value is -7.22. The minimum Gasteiger partial charge on any atom is -0.310 e. The largest absolute Gasteiger partial charge is 0.310 e. The van der Waals surface area contributed by atoms with Crippen molar-refractivity contribution in [2.75, 3.05) is 4.90 Å². The van der Waals surface area contributed by atoms with Gasteiger partial charge >= 0.3 is 0 Å². The topological polar surface area (TPSA) is 3.24 Å². The van der Waals surface area contributed by atoms with Crippen LogP contribution in [-0.2, 0) is 10.8 Å². The summed E-state index contributed by atoms with van der Waals surface area (Å²) in [6.45, 7) is 22.8. The molecule has 0 saturated heterocycles. The molecular formula is C66H57N. The maximum Gasteiger partial charge on any atom is 0.0714 e. The highest BCUT2D eigenvalue weighted by atomic mass is 15.1. The van der Waals surface area contributed by atoms with Gasteiger partial charge in [0.25, 0.3) is 0 Å². The van der Waals surface area contributed by atoms with Crippen LogP contribution in [0.15, 0.2) is 164 Å². The molecular weight excluding hydrogens is 807 g/mol. The third kappa shape index (κ3) is 5.86. The summed E-state index contributed by atoms with van der Waals surface area (Å²) in [6, 6.07) is 63.9. The molecule has 10 aromatic carbocycles. The first kappa shape index (κ1) is 41.2. The Morgan fingerprint density at radius 1 is 0.313 bits per heavy atom. The molecule has 67 heavy (non-hydrogen) atoms. The summed E-state index contributed by atoms with van der Waals surface area (Å²) in [7, 11) is 0. The molecule has 0 bridgehead atoms. The summed E-state index contributed by atoms with van der Waals surface area (Å²) >= 11 is 0. The van der Waals surface area contributed by atoms with Crippen LogP contribution >= 0.6 is 0 Å². The van der Waals surface area contributed by atoms with E-state index in [1.165, 1.54) is 144 Å². The number of anilines is 3. The Morgan fingerprint density at radius 3 is 1.19 bits per heavy atom. The predicted octanol–water partition coefficient (Wildman–Crippen LogP) is 17.8. The van der Waals surface area contributed by atoms with Gasteiger partial charge in [-0.3, -0.25) is 0 Å². The van der Waals surface area contributed by atoms with E-state index in [4.69, 9.17) is 0 Å². The highest BCUT2D eigenvalue weighted by Crippen LogP contribution is 2.61. The lowest BCUT2D eigenvalue weighted by Gasteiger charge is -2.35. The van der Waals surface area contributed by atoms with Crippen LogP contribution in [-0.4, -0.2) is 0 Å². The number of fused-ring (bicyclic) bond motifs is 12. The smallest absolute Gasteiger partial charge is 0.0714 e. The van der Waals surface area contributed by atoms with Crippen molar-refractivity contribution in [3.05, 3.63) is 242 Å². The maximum atomic E-state index is 2.61. The van der Waals surface area contributed by atoms with Gasteiger partial charge in [-0.25, -0.2) is 0 Å². The van der Waals surface area contributed by atoms with Gasteiger partial charge in [0.1, 0.15) is 0 Å². The van der Waals surface area contributed by atoms with E-state index < -0.39 is 5.41 Å². The van der Waals surface area contributed by atoms with Crippen molar-refractivity contribution in [3.8, 4) is 22.3 Å². The van der Waals surface area contributed by atoms with Crippen LogP contribution in [0.4, 0.5) is 17.1 Å². The van der Waals surface area contributed by atoms with E-state index in [1.54, 1.807) is 0 Å². The number of aryl methyl sites for hydroxylation is 6. The van der Waals surface area contributed by atoms with Crippen molar-refractivity contribution in [2.24, 2.45) is 0 Å². The van der Waals surface area contributed by atoms with E-state index in [2.05, 4.69) is 238 Å². The fraction of sp³-hybridized carbons (Fsp3) is 0.182. The Balaban J connectivity index is 1.17. The van der Waals surface area contributed by atoms with Crippen molar-refractivity contribution in [2.45, 2.75) is 80.1 Å². The van der Waals surface area contributed by atoms with Crippen molar-refractivity contribution < 1.29 is 0 Å². The fourth-order valence-electron chi connectivity index (χ4n) is 12.2. The van der Waals surface area contributed by atoms with Gasteiger partial charge in [-0.15, -0.1) is 0 Å². The quantitative estimate of drug-likeness (QED) is 0.156. The second kappa shape index (κ2) is 14.6. The average molecular weight is 864 g/mol. The van der Waals surface area contributed by atoms with Crippen LogP contribution in [0.25, 0.3) is 54.6 Å². The second-order valence-electron chi connectivity index (χ2n) is 20.6. The monoisotopic (exact) mass is 863 g/mol. The summed E-state index contributed by atoms with van der Waals surface area (Å²) in [5, 5.41) is 7.89. The molecule has 0 N–H and O–H groups in total. The minimum atomic E-state index is -0.604. The average Bonchev–Trinajstić information content (AvgIpc) is 3.73. The molecule has 1 nitrogen and oxygen atoms in total. The molecule has 0 fully saturated rings. The Labute approximate surface area is 396 Å². The Kier molecular flexibility index (Phi) is 9.01. The van der Waals surface area contributed by atoms with Gasteiger partial charge in [-0.1, -0.05) is 128 Å². The van der Waals surface area contributed by atoms with Gasteiger partial charge in [0.2, 0.25) is 0 Å². The molecule has 0 unspecified atom stereocenters. The van der Waals surface area contributed by atoms with Crippen LogP contribution in [0, 0.1) is 55.4 Å². The molecule has 1 heteroatoms. The number of rotatable bonds is 5. The van der Waals surface area contributed by atoms with Gasteiger partial charge in [0, 0.05) is 22.5 Å². The first-order chi connectivity index (χ1) is 32.2. The zero-order chi connectivity index (χ0) is 46.3. The van der Waals surface area contributed by atoms with E-state index in [1.807, 2.05) is 0 Å². The van der Waals surface area contributed by atoms with Gasteiger partial charge in [-0.2, -0.15) is 0 Å². The Bertz CT molecular complexity index is 3580. The molecule has 0 aromatic heterocycles. The SMILES string of the molecule is Cc1ccc(C2(c3ccc(C)cc3)c3cc(N(c4cc(C)c(C)c(C)c4)c4cc(C)c(C)c(C)c4)ccc3-c3cc4c(cc32)-c2cc3c5ccccc5c5ccccc5c3cc2C4(C)C)cc1. The highest BCUT2D eigenvalue weighted by molar-refractivity contribution is 6.26. The van der Waals surface area contributed by atoms with E-state index >= 15 is 0 Å². The van der Waals surface area contributed by atoms with Crippen LogP contribution < -0.4 is 4.90 Å². The molecule has 0 aliphatic heterocycles. The second-order valence-corrected chi connectivity index (χ2v) is 20.6. The third-order valence-electron chi connectivity index (χ3n) is 16.3.